The number of hydrogen-bond donors (Lipinski definition) is 1. The molecule has 2 aromatic rings. The van der Waals surface area contributed by atoms with Gasteiger partial charge >= 0.3 is 6.09 Å². The second-order valence-corrected chi connectivity index (χ2v) is 8.51. The highest BCUT2D eigenvalue weighted by molar-refractivity contribution is 7.09. The lowest BCUT2D eigenvalue weighted by molar-refractivity contribution is 0.0980. The quantitative estimate of drug-likeness (QED) is 0.799. The maximum atomic E-state index is 12.3. The molecule has 0 unspecified atom stereocenters. The van der Waals surface area contributed by atoms with E-state index in [0.29, 0.717) is 35.0 Å². The zero-order chi connectivity index (χ0) is 19.7. The minimum Gasteiger partial charge on any atom is -0.490 e. The van der Waals surface area contributed by atoms with E-state index in [-0.39, 0.29) is 24.5 Å². The van der Waals surface area contributed by atoms with Crippen molar-refractivity contribution in [3.05, 3.63) is 45.4 Å². The van der Waals surface area contributed by atoms with E-state index in [1.54, 1.807) is 10.3 Å². The Kier molecular flexibility index (Phi) is 5.41. The van der Waals surface area contributed by atoms with E-state index in [1.807, 2.05) is 24.3 Å². The zero-order valence-corrected chi connectivity index (χ0v) is 16.6. The molecule has 2 fully saturated rings. The number of aromatic nitrogens is 1. The Morgan fingerprint density at radius 1 is 1.21 bits per heavy atom. The number of benzene rings is 1. The monoisotopic (exact) mass is 421 g/mol. The van der Waals surface area contributed by atoms with E-state index in [2.05, 4.69) is 4.98 Å². The van der Waals surface area contributed by atoms with Gasteiger partial charge in [-0.25, -0.2) is 9.78 Å². The number of primary amides is 1. The van der Waals surface area contributed by atoms with Crippen LogP contribution in [0.1, 0.15) is 28.3 Å². The number of halogens is 1. The Balaban J connectivity index is 1.24. The Morgan fingerprint density at radius 2 is 1.89 bits per heavy atom. The van der Waals surface area contributed by atoms with Gasteiger partial charge in [0.25, 0.3) is 5.91 Å². The van der Waals surface area contributed by atoms with E-state index < -0.39 is 5.91 Å². The third-order valence-electron chi connectivity index (χ3n) is 5.21. The molecular weight excluding hydrogens is 402 g/mol. The summed E-state index contributed by atoms with van der Waals surface area (Å²) >= 11 is 7.15. The molecule has 7 nitrogen and oxygen atoms in total. The third-order valence-corrected chi connectivity index (χ3v) is 6.28. The molecule has 2 amide bonds. The van der Waals surface area contributed by atoms with Gasteiger partial charge < -0.3 is 20.1 Å². The van der Waals surface area contributed by atoms with Gasteiger partial charge in [-0.2, -0.15) is 0 Å². The maximum absolute atomic E-state index is 12.3. The summed E-state index contributed by atoms with van der Waals surface area (Å²) in [5.41, 5.74) is 5.37. The van der Waals surface area contributed by atoms with Gasteiger partial charge in [0.05, 0.1) is 6.10 Å². The molecule has 2 aliphatic rings. The fraction of sp³-hybridized carbons (Fsp3) is 0.421. The number of fused-ring (bicyclic) bond motifs is 1. The van der Waals surface area contributed by atoms with Crippen molar-refractivity contribution in [1.82, 2.24) is 9.88 Å². The number of ether oxygens (including phenoxy) is 2. The molecule has 1 aliphatic carbocycles. The van der Waals surface area contributed by atoms with E-state index in [9.17, 15) is 9.59 Å². The fourth-order valence-corrected chi connectivity index (χ4v) is 4.72. The Morgan fingerprint density at radius 3 is 2.50 bits per heavy atom. The van der Waals surface area contributed by atoms with Crippen LogP contribution >= 0.6 is 22.9 Å². The number of nitrogens with two attached hydrogens (primary N) is 1. The summed E-state index contributed by atoms with van der Waals surface area (Å²) < 4.78 is 11.4. The summed E-state index contributed by atoms with van der Waals surface area (Å²) in [4.78, 5) is 29.2. The molecule has 2 heterocycles. The van der Waals surface area contributed by atoms with Gasteiger partial charge in [-0.05, 0) is 48.9 Å². The molecule has 0 radical (unpaired) electrons. The van der Waals surface area contributed by atoms with Crippen LogP contribution in [0, 0.1) is 11.8 Å². The van der Waals surface area contributed by atoms with Crippen LogP contribution in [0.25, 0.3) is 0 Å². The van der Waals surface area contributed by atoms with E-state index >= 15 is 0 Å². The highest BCUT2D eigenvalue weighted by atomic mass is 35.5. The SMILES string of the molecule is NC(=O)c1csc(COC(=O)N2C[C@H]3C[C@@H](Oc4ccc(Cl)cc4)C[C@H]3C2)n1. The fourth-order valence-electron chi connectivity index (χ4n) is 3.90. The number of thiazole rings is 1. The maximum Gasteiger partial charge on any atom is 0.410 e. The van der Waals surface area contributed by atoms with Gasteiger partial charge in [-0.1, -0.05) is 11.6 Å². The van der Waals surface area contributed by atoms with Crippen molar-refractivity contribution in [3.8, 4) is 5.75 Å². The summed E-state index contributed by atoms with van der Waals surface area (Å²) in [5, 5.41) is 2.80. The van der Waals surface area contributed by atoms with E-state index in [0.717, 1.165) is 18.6 Å². The molecule has 0 bridgehead atoms. The lowest BCUT2D eigenvalue weighted by Gasteiger charge is -2.19. The zero-order valence-electron chi connectivity index (χ0n) is 15.0. The topological polar surface area (TPSA) is 94.8 Å². The van der Waals surface area contributed by atoms with Gasteiger partial charge in [-0.3, -0.25) is 4.79 Å². The second kappa shape index (κ2) is 7.97. The molecule has 2 N–H and O–H groups in total. The first-order valence-corrected chi connectivity index (χ1v) is 10.3. The summed E-state index contributed by atoms with van der Waals surface area (Å²) in [6.45, 7) is 1.40. The number of likely N-dealkylation sites (tertiary alicyclic amines) is 1. The lowest BCUT2D eigenvalue weighted by Crippen LogP contribution is -2.31. The molecule has 9 heteroatoms. The Labute approximate surface area is 171 Å². The normalized spacial score (nSPS) is 23.5. The number of rotatable bonds is 5. The largest absolute Gasteiger partial charge is 0.490 e. The van der Waals surface area contributed by atoms with Crippen molar-refractivity contribution in [2.24, 2.45) is 17.6 Å². The molecule has 1 aromatic carbocycles. The van der Waals surface area contributed by atoms with E-state index in [1.165, 1.54) is 11.3 Å². The highest BCUT2D eigenvalue weighted by Crippen LogP contribution is 2.40. The van der Waals surface area contributed by atoms with Crippen LogP contribution in [0.2, 0.25) is 5.02 Å². The van der Waals surface area contributed by atoms with Crippen molar-refractivity contribution >= 4 is 34.9 Å². The van der Waals surface area contributed by atoms with E-state index in [4.69, 9.17) is 26.8 Å². The molecule has 1 aromatic heterocycles. The minimum atomic E-state index is -0.587. The lowest BCUT2D eigenvalue weighted by atomic mass is 10.0. The number of carbonyl (C=O) groups excluding carboxylic acids is 2. The van der Waals surface area contributed by atoms with Crippen molar-refractivity contribution in [3.63, 3.8) is 0 Å². The molecular formula is C19H20ClN3O4S. The average Bonchev–Trinajstić information content (AvgIpc) is 3.36. The first kappa shape index (κ1) is 19.0. The first-order valence-electron chi connectivity index (χ1n) is 9.06. The van der Waals surface area contributed by atoms with Crippen molar-refractivity contribution in [2.75, 3.05) is 13.1 Å². The molecule has 4 rings (SSSR count). The second-order valence-electron chi connectivity index (χ2n) is 7.14. The molecule has 28 heavy (non-hydrogen) atoms. The van der Waals surface area contributed by atoms with Crippen LogP contribution in [-0.4, -0.2) is 41.1 Å². The van der Waals surface area contributed by atoms with Crippen LogP contribution < -0.4 is 10.5 Å². The number of amides is 2. The number of nitrogens with zero attached hydrogens (tertiary/aromatic N) is 2. The van der Waals surface area contributed by atoms with Gasteiger partial charge in [0.1, 0.15) is 23.1 Å². The summed E-state index contributed by atoms with van der Waals surface area (Å²) in [5.74, 6) is 1.08. The molecule has 1 saturated carbocycles. The molecule has 3 atom stereocenters. The van der Waals surface area contributed by atoms with Crippen LogP contribution in [0.5, 0.6) is 5.75 Å². The first-order chi connectivity index (χ1) is 13.5. The number of carbonyl (C=O) groups is 2. The van der Waals surface area contributed by atoms with Crippen molar-refractivity contribution in [1.29, 1.82) is 0 Å². The standard InChI is InChI=1S/C19H20ClN3O4S/c20-13-1-3-14(4-2-13)27-15-5-11-7-23(8-12(11)6-15)19(25)26-9-17-22-16(10-28-17)18(21)24/h1-4,10-12,15H,5-9H2,(H2,21,24)/t11-,12+,15-. The van der Waals surface area contributed by atoms with Crippen molar-refractivity contribution < 1.29 is 19.1 Å². The van der Waals surface area contributed by atoms with Gasteiger partial charge in [0.15, 0.2) is 0 Å². The van der Waals surface area contributed by atoms with Gasteiger partial charge in [0.2, 0.25) is 0 Å². The smallest absolute Gasteiger partial charge is 0.410 e. The molecule has 1 saturated heterocycles. The predicted molar refractivity (Wildman–Crippen MR) is 104 cm³/mol. The van der Waals surface area contributed by atoms with Crippen molar-refractivity contribution in [2.45, 2.75) is 25.6 Å². The number of hydrogen-bond acceptors (Lipinski definition) is 6. The summed E-state index contributed by atoms with van der Waals surface area (Å²) in [7, 11) is 0. The van der Waals surface area contributed by atoms with Crippen LogP contribution in [0.3, 0.4) is 0 Å². The van der Waals surface area contributed by atoms with Crippen LogP contribution in [0.4, 0.5) is 4.79 Å². The molecule has 1 aliphatic heterocycles. The predicted octanol–water partition coefficient (Wildman–Crippen LogP) is 3.32. The molecule has 0 spiro atoms. The summed E-state index contributed by atoms with van der Waals surface area (Å²) in [6.07, 6.45) is 1.66. The molecule has 148 valence electrons. The summed E-state index contributed by atoms with van der Waals surface area (Å²) in [6, 6.07) is 7.39. The van der Waals surface area contributed by atoms with Gasteiger partial charge in [0, 0.05) is 23.5 Å². The minimum absolute atomic E-state index is 0.0465. The average molecular weight is 422 g/mol. The van der Waals surface area contributed by atoms with Crippen LogP contribution in [0.15, 0.2) is 29.6 Å². The third kappa shape index (κ3) is 4.23. The van der Waals surface area contributed by atoms with Crippen LogP contribution in [-0.2, 0) is 11.3 Å². The Hall–Kier alpha value is -2.32. The highest BCUT2D eigenvalue weighted by Gasteiger charge is 2.43. The Bertz CT molecular complexity index is 858. The van der Waals surface area contributed by atoms with Gasteiger partial charge in [-0.15, -0.1) is 11.3 Å².